The number of nitrogens with zero attached hydrogens (tertiary/aromatic N) is 2. The van der Waals surface area contributed by atoms with Gasteiger partial charge in [0.25, 0.3) is 11.5 Å². The van der Waals surface area contributed by atoms with Crippen molar-refractivity contribution in [3.8, 4) is 5.75 Å². The minimum absolute atomic E-state index is 0.0611. The van der Waals surface area contributed by atoms with Crippen molar-refractivity contribution in [1.82, 2.24) is 19.6 Å². The first-order valence-electron chi connectivity index (χ1n) is 11.3. The molecule has 5 rings (SSSR count). The summed E-state index contributed by atoms with van der Waals surface area (Å²) in [6, 6.07) is 8.23. The van der Waals surface area contributed by atoms with Crippen molar-refractivity contribution in [2.75, 3.05) is 31.6 Å². The Bertz CT molecular complexity index is 1450. The van der Waals surface area contributed by atoms with Gasteiger partial charge in [-0.1, -0.05) is 0 Å². The Morgan fingerprint density at radius 3 is 2.74 bits per heavy atom. The first kappa shape index (κ1) is 23.4. The third-order valence-electron chi connectivity index (χ3n) is 6.19. The molecule has 3 N–H and O–H groups in total. The Balaban J connectivity index is 1.17. The molecule has 1 saturated heterocycles. The number of carbonyl (C=O) groups is 1. The summed E-state index contributed by atoms with van der Waals surface area (Å²) >= 11 is 0. The summed E-state index contributed by atoms with van der Waals surface area (Å²) in [6.45, 7) is 1.84. The molecule has 3 aromatic rings. The standard InChI is InChI=1S/C23H24FN5O5S/c24-14-1-3-17-19(11-14)27-23(31)18(25-17)7-10-29-8-5-15(6-9-29)28-35(32,33)16-2-4-21-20(12-16)26-22(30)13-34-21/h1-4,11-12,15,28H,5-10,13H2,(H,26,30)(H,27,31). The lowest BCUT2D eigenvalue weighted by Crippen LogP contribution is -2.45. The summed E-state index contributed by atoms with van der Waals surface area (Å²) in [5.41, 5.74) is 1.28. The van der Waals surface area contributed by atoms with Crippen LogP contribution in [0.4, 0.5) is 10.1 Å². The lowest BCUT2D eigenvalue weighted by Gasteiger charge is -2.32. The summed E-state index contributed by atoms with van der Waals surface area (Å²) in [5.74, 6) is -0.334. The van der Waals surface area contributed by atoms with Gasteiger partial charge in [-0.15, -0.1) is 0 Å². The number of anilines is 1. The predicted molar refractivity (Wildman–Crippen MR) is 126 cm³/mol. The number of hydrogen-bond acceptors (Lipinski definition) is 7. The average molecular weight is 502 g/mol. The van der Waals surface area contributed by atoms with Crippen molar-refractivity contribution in [1.29, 1.82) is 0 Å². The van der Waals surface area contributed by atoms with Crippen LogP contribution in [0.3, 0.4) is 0 Å². The van der Waals surface area contributed by atoms with Crippen LogP contribution in [0.5, 0.6) is 5.75 Å². The Kier molecular flexibility index (Phi) is 6.26. The number of aromatic amines is 1. The van der Waals surface area contributed by atoms with Crippen LogP contribution in [0.1, 0.15) is 18.5 Å². The minimum atomic E-state index is -3.77. The number of hydrogen-bond donors (Lipinski definition) is 3. The largest absolute Gasteiger partial charge is 0.482 e. The second-order valence-electron chi connectivity index (χ2n) is 8.66. The van der Waals surface area contributed by atoms with Crippen LogP contribution in [-0.4, -0.2) is 61.5 Å². The fraction of sp³-hybridized carbons (Fsp3) is 0.348. The van der Waals surface area contributed by atoms with Gasteiger partial charge in [-0.3, -0.25) is 9.59 Å². The summed E-state index contributed by atoms with van der Waals surface area (Å²) < 4.78 is 47.1. The lowest BCUT2D eigenvalue weighted by molar-refractivity contribution is -0.118. The molecule has 1 amide bonds. The van der Waals surface area contributed by atoms with Crippen molar-refractivity contribution < 1.29 is 22.3 Å². The molecular weight excluding hydrogens is 477 g/mol. The molecule has 10 nitrogen and oxygen atoms in total. The van der Waals surface area contributed by atoms with Gasteiger partial charge in [-0.2, -0.15) is 0 Å². The molecule has 0 aliphatic carbocycles. The molecule has 1 fully saturated rings. The molecule has 2 aliphatic heterocycles. The smallest absolute Gasteiger partial charge is 0.270 e. The zero-order valence-electron chi connectivity index (χ0n) is 18.7. The number of carbonyl (C=O) groups excluding carboxylic acids is 1. The van der Waals surface area contributed by atoms with Gasteiger partial charge < -0.3 is 19.9 Å². The Morgan fingerprint density at radius 1 is 1.14 bits per heavy atom. The van der Waals surface area contributed by atoms with Gasteiger partial charge in [-0.05, 0) is 62.3 Å². The monoisotopic (exact) mass is 501 g/mol. The molecule has 3 heterocycles. The number of H-pyrrole nitrogens is 1. The van der Waals surface area contributed by atoms with Crippen LogP contribution >= 0.6 is 0 Å². The number of benzene rings is 2. The molecular formula is C23H24FN5O5S. The van der Waals surface area contributed by atoms with E-state index < -0.39 is 15.8 Å². The first-order chi connectivity index (χ1) is 16.8. The van der Waals surface area contributed by atoms with Gasteiger partial charge in [-0.25, -0.2) is 22.5 Å². The van der Waals surface area contributed by atoms with E-state index in [1.807, 2.05) is 0 Å². The molecule has 0 bridgehead atoms. The normalized spacial score (nSPS) is 17.1. The number of nitrogens with one attached hydrogen (secondary N) is 3. The fourth-order valence-electron chi connectivity index (χ4n) is 4.32. The molecule has 2 aromatic carbocycles. The van der Waals surface area contributed by atoms with Crippen LogP contribution < -0.4 is 20.3 Å². The van der Waals surface area contributed by atoms with Gasteiger partial charge in [0.1, 0.15) is 17.3 Å². The van der Waals surface area contributed by atoms with Crippen LogP contribution in [0.25, 0.3) is 11.0 Å². The maximum atomic E-state index is 13.4. The van der Waals surface area contributed by atoms with E-state index in [-0.39, 0.29) is 29.0 Å². The molecule has 1 aromatic heterocycles. The number of likely N-dealkylation sites (tertiary alicyclic amines) is 1. The summed E-state index contributed by atoms with van der Waals surface area (Å²) in [6.07, 6.45) is 1.66. The molecule has 0 spiro atoms. The highest BCUT2D eigenvalue weighted by Gasteiger charge is 2.26. The molecule has 12 heteroatoms. The SMILES string of the molecule is O=C1COc2ccc(S(=O)(=O)NC3CCN(CCc4nc5ccc(F)cc5[nH]c4=O)CC3)cc2N1. The number of ether oxygens (including phenoxy) is 1. The van der Waals surface area contributed by atoms with Crippen molar-refractivity contribution in [2.45, 2.75) is 30.2 Å². The highest BCUT2D eigenvalue weighted by molar-refractivity contribution is 7.89. The van der Waals surface area contributed by atoms with E-state index in [0.29, 0.717) is 67.1 Å². The predicted octanol–water partition coefficient (Wildman–Crippen LogP) is 1.38. The zero-order chi connectivity index (χ0) is 24.6. The van der Waals surface area contributed by atoms with Crippen LogP contribution in [-0.2, 0) is 21.2 Å². The lowest BCUT2D eigenvalue weighted by atomic mass is 10.1. The average Bonchev–Trinajstić information content (AvgIpc) is 2.83. The molecule has 0 saturated carbocycles. The molecule has 0 radical (unpaired) electrons. The van der Waals surface area contributed by atoms with Gasteiger partial charge in [0.05, 0.1) is 21.6 Å². The van der Waals surface area contributed by atoms with Crippen molar-refractivity contribution >= 4 is 32.7 Å². The number of rotatable bonds is 6. The van der Waals surface area contributed by atoms with E-state index in [1.54, 1.807) is 0 Å². The van der Waals surface area contributed by atoms with Gasteiger partial charge in [0.15, 0.2) is 6.61 Å². The topological polar surface area (TPSA) is 133 Å². The second kappa shape index (κ2) is 9.36. The second-order valence-corrected chi connectivity index (χ2v) is 10.4. The molecule has 35 heavy (non-hydrogen) atoms. The number of fused-ring (bicyclic) bond motifs is 2. The van der Waals surface area contributed by atoms with E-state index >= 15 is 0 Å². The van der Waals surface area contributed by atoms with Crippen molar-refractivity contribution in [2.24, 2.45) is 0 Å². The number of sulfonamides is 1. The Labute approximate surface area is 200 Å². The number of halogens is 1. The highest BCUT2D eigenvalue weighted by Crippen LogP contribution is 2.30. The number of piperidine rings is 1. The summed E-state index contributed by atoms with van der Waals surface area (Å²) in [5, 5.41) is 2.62. The van der Waals surface area contributed by atoms with Crippen molar-refractivity contribution in [3.05, 3.63) is 58.3 Å². The zero-order valence-corrected chi connectivity index (χ0v) is 19.5. The number of aromatic nitrogens is 2. The maximum Gasteiger partial charge on any atom is 0.270 e. The van der Waals surface area contributed by atoms with Crippen molar-refractivity contribution in [3.63, 3.8) is 0 Å². The van der Waals surface area contributed by atoms with E-state index in [9.17, 15) is 22.4 Å². The van der Waals surface area contributed by atoms with Gasteiger partial charge in [0.2, 0.25) is 10.0 Å². The minimum Gasteiger partial charge on any atom is -0.482 e. The van der Waals surface area contributed by atoms with E-state index in [2.05, 4.69) is 24.9 Å². The third kappa shape index (κ3) is 5.19. The Morgan fingerprint density at radius 2 is 1.94 bits per heavy atom. The fourth-order valence-corrected chi connectivity index (χ4v) is 5.65. The van der Waals surface area contributed by atoms with E-state index in [1.165, 1.54) is 36.4 Å². The summed E-state index contributed by atoms with van der Waals surface area (Å²) in [7, 11) is -3.77. The Hall–Kier alpha value is -3.35. The summed E-state index contributed by atoms with van der Waals surface area (Å²) in [4.78, 5) is 33.1. The quantitative estimate of drug-likeness (QED) is 0.465. The van der Waals surface area contributed by atoms with Crippen LogP contribution in [0.15, 0.2) is 46.1 Å². The molecule has 0 unspecified atom stereocenters. The van der Waals surface area contributed by atoms with E-state index in [0.717, 1.165) is 0 Å². The third-order valence-corrected chi connectivity index (χ3v) is 7.71. The van der Waals surface area contributed by atoms with Gasteiger partial charge >= 0.3 is 0 Å². The van der Waals surface area contributed by atoms with Gasteiger partial charge in [0, 0.05) is 19.0 Å². The molecule has 2 aliphatic rings. The van der Waals surface area contributed by atoms with E-state index in [4.69, 9.17) is 4.74 Å². The van der Waals surface area contributed by atoms with Crippen LogP contribution in [0, 0.1) is 5.82 Å². The molecule has 0 atom stereocenters. The highest BCUT2D eigenvalue weighted by atomic mass is 32.2. The first-order valence-corrected chi connectivity index (χ1v) is 12.7. The maximum absolute atomic E-state index is 13.4. The number of amides is 1. The van der Waals surface area contributed by atoms with Crippen LogP contribution in [0.2, 0.25) is 0 Å². The molecule has 184 valence electrons.